The second kappa shape index (κ2) is 17.7. The van der Waals surface area contributed by atoms with Crippen molar-refractivity contribution >= 4 is 17.6 Å². The molecule has 39 heavy (non-hydrogen) atoms. The van der Waals surface area contributed by atoms with Gasteiger partial charge in [0.2, 0.25) is 5.91 Å². The van der Waals surface area contributed by atoms with Gasteiger partial charge in [-0.1, -0.05) is 74.5 Å². The number of nitrogens with zero attached hydrogens (tertiary/aromatic N) is 1. The van der Waals surface area contributed by atoms with E-state index in [1.807, 2.05) is 76.3 Å². The standard InChI is InChI=1S/C14H22N2O.C10H15NO.C7H6O3/c1-5-16(6-2)10-13(17)15-14-11(3)8-7-9-12(14)4;1-8(11-2)10(12)9-6-4-3-5-7-9;8-6-4-2-1-3-5(6)7(9)10/h7-9H,5-6,10H2,1-4H3,(H,15,17);3-8,10-12H,1-2H3;1-4,8H,(H,9,10)/t;8-,10-;/m.0./s1. The fraction of sp³-hybridized carbons (Fsp3) is 0.355. The van der Waals surface area contributed by atoms with Gasteiger partial charge in [-0.05, 0) is 69.7 Å². The number of anilines is 1. The van der Waals surface area contributed by atoms with Crippen LogP contribution in [0.2, 0.25) is 0 Å². The summed E-state index contributed by atoms with van der Waals surface area (Å²) in [6.07, 6.45) is -0.420. The number of para-hydroxylation sites is 2. The summed E-state index contributed by atoms with van der Waals surface area (Å²) in [6.45, 7) is 12.4. The maximum Gasteiger partial charge on any atom is 0.339 e. The van der Waals surface area contributed by atoms with E-state index in [4.69, 9.17) is 10.2 Å². The maximum absolute atomic E-state index is 11.9. The number of phenols is 1. The summed E-state index contributed by atoms with van der Waals surface area (Å²) in [7, 11) is 1.84. The Morgan fingerprint density at radius 1 is 0.872 bits per heavy atom. The number of benzene rings is 3. The normalized spacial score (nSPS) is 11.8. The molecule has 2 atom stereocenters. The molecular weight excluding hydrogens is 494 g/mol. The van der Waals surface area contributed by atoms with Crippen molar-refractivity contribution in [2.45, 2.75) is 46.8 Å². The first kappa shape index (κ1) is 33.3. The van der Waals surface area contributed by atoms with Crippen LogP contribution in [0.4, 0.5) is 5.69 Å². The van der Waals surface area contributed by atoms with E-state index < -0.39 is 12.1 Å². The number of hydrogen-bond acceptors (Lipinski definition) is 6. The number of rotatable bonds is 9. The van der Waals surface area contributed by atoms with Gasteiger partial charge >= 0.3 is 5.97 Å². The van der Waals surface area contributed by atoms with Crippen molar-refractivity contribution in [3.63, 3.8) is 0 Å². The Hall–Kier alpha value is -3.72. The zero-order valence-corrected chi connectivity index (χ0v) is 23.8. The molecule has 0 bridgehead atoms. The van der Waals surface area contributed by atoms with E-state index in [1.54, 1.807) is 12.1 Å². The minimum Gasteiger partial charge on any atom is -0.507 e. The lowest BCUT2D eigenvalue weighted by Gasteiger charge is -2.18. The molecule has 0 radical (unpaired) electrons. The van der Waals surface area contributed by atoms with Crippen molar-refractivity contribution in [3.05, 3.63) is 95.1 Å². The Labute approximate surface area is 232 Å². The zero-order valence-electron chi connectivity index (χ0n) is 23.8. The van der Waals surface area contributed by atoms with E-state index in [-0.39, 0.29) is 23.3 Å². The molecule has 0 saturated heterocycles. The van der Waals surface area contributed by atoms with E-state index in [0.29, 0.717) is 6.54 Å². The molecule has 0 spiro atoms. The quantitative estimate of drug-likeness (QED) is 0.260. The highest BCUT2D eigenvalue weighted by atomic mass is 16.4. The molecule has 8 heteroatoms. The Bertz CT molecular complexity index is 1130. The van der Waals surface area contributed by atoms with E-state index in [0.717, 1.165) is 35.5 Å². The number of carbonyl (C=O) groups is 2. The smallest absolute Gasteiger partial charge is 0.339 e. The van der Waals surface area contributed by atoms with Crippen molar-refractivity contribution in [1.82, 2.24) is 10.2 Å². The predicted molar refractivity (Wildman–Crippen MR) is 157 cm³/mol. The van der Waals surface area contributed by atoms with Crippen molar-refractivity contribution < 1.29 is 24.9 Å². The van der Waals surface area contributed by atoms with Crippen LogP contribution in [0.5, 0.6) is 5.75 Å². The number of aryl methyl sites for hydroxylation is 2. The first-order chi connectivity index (χ1) is 18.5. The summed E-state index contributed by atoms with van der Waals surface area (Å²) in [4.78, 5) is 24.3. The number of amides is 1. The fourth-order valence-corrected chi connectivity index (χ4v) is 3.59. The van der Waals surface area contributed by atoms with Gasteiger partial charge in [0.25, 0.3) is 0 Å². The van der Waals surface area contributed by atoms with Crippen molar-refractivity contribution in [2.75, 3.05) is 32.0 Å². The largest absolute Gasteiger partial charge is 0.507 e. The van der Waals surface area contributed by atoms with Gasteiger partial charge < -0.3 is 26.0 Å². The molecule has 3 aromatic carbocycles. The highest BCUT2D eigenvalue weighted by Crippen LogP contribution is 2.19. The molecule has 5 N–H and O–H groups in total. The molecule has 0 aliphatic carbocycles. The predicted octanol–water partition coefficient (Wildman–Crippen LogP) is 5.00. The number of carboxylic acid groups (broad SMARTS) is 1. The first-order valence-corrected chi connectivity index (χ1v) is 13.1. The van der Waals surface area contributed by atoms with E-state index in [1.165, 1.54) is 12.1 Å². The van der Waals surface area contributed by atoms with Gasteiger partial charge in [-0.25, -0.2) is 4.79 Å². The number of aliphatic hydroxyl groups excluding tert-OH is 1. The summed E-state index contributed by atoms with van der Waals surface area (Å²) in [5.41, 5.74) is 4.06. The monoisotopic (exact) mass is 537 g/mol. The summed E-state index contributed by atoms with van der Waals surface area (Å²) >= 11 is 0. The van der Waals surface area contributed by atoms with Crippen LogP contribution in [-0.2, 0) is 4.79 Å². The molecule has 212 valence electrons. The van der Waals surface area contributed by atoms with Crippen molar-refractivity contribution in [3.8, 4) is 5.75 Å². The Morgan fingerprint density at radius 2 is 1.41 bits per heavy atom. The summed E-state index contributed by atoms with van der Waals surface area (Å²) in [5.74, 6) is -1.25. The average molecular weight is 538 g/mol. The van der Waals surface area contributed by atoms with Crippen LogP contribution in [0, 0.1) is 13.8 Å². The number of carbonyl (C=O) groups excluding carboxylic acids is 1. The number of aromatic carboxylic acids is 1. The van der Waals surface area contributed by atoms with Gasteiger partial charge in [0, 0.05) is 11.7 Å². The molecule has 3 rings (SSSR count). The van der Waals surface area contributed by atoms with Crippen LogP contribution in [0.15, 0.2) is 72.8 Å². The number of aliphatic hydroxyl groups is 1. The SMILES string of the molecule is CCN(CC)CC(=O)Nc1c(C)cccc1C.CN[C@@H](C)[C@H](O)c1ccccc1.O=C(O)c1ccccc1O. The van der Waals surface area contributed by atoms with E-state index in [9.17, 15) is 14.7 Å². The minimum absolute atomic E-state index is 0.0612. The summed E-state index contributed by atoms with van der Waals surface area (Å²) < 4.78 is 0. The van der Waals surface area contributed by atoms with Crippen LogP contribution >= 0.6 is 0 Å². The Balaban J connectivity index is 0.000000305. The van der Waals surface area contributed by atoms with Crippen LogP contribution in [0.3, 0.4) is 0 Å². The van der Waals surface area contributed by atoms with Gasteiger partial charge in [0.1, 0.15) is 11.3 Å². The van der Waals surface area contributed by atoms with Gasteiger partial charge in [-0.15, -0.1) is 0 Å². The summed E-state index contributed by atoms with van der Waals surface area (Å²) in [5, 5.41) is 33.0. The minimum atomic E-state index is -1.11. The van der Waals surface area contributed by atoms with Crippen LogP contribution < -0.4 is 10.6 Å². The lowest BCUT2D eigenvalue weighted by atomic mass is 10.0. The van der Waals surface area contributed by atoms with Gasteiger partial charge in [0.05, 0.1) is 12.6 Å². The van der Waals surface area contributed by atoms with Crippen molar-refractivity contribution in [1.29, 1.82) is 0 Å². The number of aromatic hydroxyl groups is 1. The third kappa shape index (κ3) is 11.7. The van der Waals surface area contributed by atoms with Gasteiger partial charge in [-0.3, -0.25) is 9.69 Å². The highest BCUT2D eigenvalue weighted by molar-refractivity contribution is 5.93. The summed E-state index contributed by atoms with van der Waals surface area (Å²) in [6, 6.07) is 21.6. The van der Waals surface area contributed by atoms with Gasteiger partial charge in [0.15, 0.2) is 0 Å². The first-order valence-electron chi connectivity index (χ1n) is 13.1. The van der Waals surface area contributed by atoms with Crippen LogP contribution in [0.25, 0.3) is 0 Å². The number of likely N-dealkylation sites (N-methyl/N-ethyl adjacent to an activating group) is 2. The highest BCUT2D eigenvalue weighted by Gasteiger charge is 2.13. The molecule has 3 aromatic rings. The van der Waals surface area contributed by atoms with E-state index in [2.05, 4.69) is 29.4 Å². The lowest BCUT2D eigenvalue weighted by Crippen LogP contribution is -2.33. The third-order valence-corrected chi connectivity index (χ3v) is 6.21. The third-order valence-electron chi connectivity index (χ3n) is 6.21. The molecule has 1 amide bonds. The number of hydrogen-bond donors (Lipinski definition) is 5. The maximum atomic E-state index is 11.9. The topological polar surface area (TPSA) is 122 Å². The van der Waals surface area contributed by atoms with Crippen LogP contribution in [0.1, 0.15) is 53.9 Å². The van der Waals surface area contributed by atoms with Gasteiger partial charge in [-0.2, -0.15) is 0 Å². The van der Waals surface area contributed by atoms with Crippen LogP contribution in [-0.4, -0.2) is 64.8 Å². The second-order valence-electron chi connectivity index (χ2n) is 9.03. The Kier molecular flexibility index (Phi) is 15.1. The lowest BCUT2D eigenvalue weighted by molar-refractivity contribution is -0.117. The molecule has 0 heterocycles. The molecule has 0 aromatic heterocycles. The molecule has 0 unspecified atom stereocenters. The number of carboxylic acids is 1. The molecule has 0 aliphatic heterocycles. The molecular formula is C31H43N3O5. The zero-order chi connectivity index (χ0) is 29.4. The molecule has 8 nitrogen and oxygen atoms in total. The fourth-order valence-electron chi connectivity index (χ4n) is 3.59. The average Bonchev–Trinajstić information content (AvgIpc) is 2.94. The molecule has 0 aliphatic rings. The molecule has 0 saturated carbocycles. The second-order valence-corrected chi connectivity index (χ2v) is 9.03. The van der Waals surface area contributed by atoms with E-state index >= 15 is 0 Å². The Morgan fingerprint density at radius 3 is 1.87 bits per heavy atom. The molecule has 0 fully saturated rings. The van der Waals surface area contributed by atoms with Crippen molar-refractivity contribution in [2.24, 2.45) is 0 Å². The number of nitrogens with one attached hydrogen (secondary N) is 2.